The number of thiocarbonyl (C=S) groups is 1. The lowest BCUT2D eigenvalue weighted by atomic mass is 9.91. The molecule has 3 aromatic carbocycles. The van der Waals surface area contributed by atoms with Crippen LogP contribution < -0.4 is 4.90 Å². The van der Waals surface area contributed by atoms with Crippen molar-refractivity contribution < 1.29 is 4.84 Å². The van der Waals surface area contributed by atoms with Gasteiger partial charge in [0, 0.05) is 33.8 Å². The van der Waals surface area contributed by atoms with Crippen LogP contribution in [0.1, 0.15) is 16.7 Å². The van der Waals surface area contributed by atoms with E-state index in [9.17, 15) is 0 Å². The first kappa shape index (κ1) is 19.4. The fourth-order valence-corrected chi connectivity index (χ4v) is 4.55. The molecular weight excluding hydrogens is 437 g/mol. The predicted octanol–water partition coefficient (Wildman–Crippen LogP) is 5.67. The van der Waals surface area contributed by atoms with E-state index in [4.69, 9.17) is 40.3 Å². The second-order valence-corrected chi connectivity index (χ2v) is 8.57. The Hall–Kier alpha value is -2.60. The molecule has 0 bridgehead atoms. The fourth-order valence-electron chi connectivity index (χ4n) is 4.02. The number of amidine groups is 1. The van der Waals surface area contributed by atoms with E-state index in [0.717, 1.165) is 27.4 Å². The third-order valence-corrected chi connectivity index (χ3v) is 6.41. The fraction of sp³-hybridized carbons (Fsp3) is 0.130. The lowest BCUT2D eigenvalue weighted by Crippen LogP contribution is -2.48. The van der Waals surface area contributed by atoms with Gasteiger partial charge in [-0.15, -0.1) is 0 Å². The van der Waals surface area contributed by atoms with Crippen molar-refractivity contribution in [3.05, 3.63) is 99.5 Å². The smallest absolute Gasteiger partial charge is 0.265 e. The summed E-state index contributed by atoms with van der Waals surface area (Å²) in [4.78, 5) is 11.2. The lowest BCUT2D eigenvalue weighted by Gasteiger charge is -2.36. The quantitative estimate of drug-likeness (QED) is 0.467. The van der Waals surface area contributed by atoms with Gasteiger partial charge < -0.3 is 9.74 Å². The molecule has 150 valence electrons. The topological polar surface area (TPSA) is 28.1 Å². The van der Waals surface area contributed by atoms with E-state index in [2.05, 4.69) is 10.1 Å². The van der Waals surface area contributed by atoms with Crippen LogP contribution >= 0.6 is 35.4 Å². The van der Waals surface area contributed by atoms with Gasteiger partial charge in [0.2, 0.25) is 0 Å². The summed E-state index contributed by atoms with van der Waals surface area (Å²) in [7, 11) is 1.97. The van der Waals surface area contributed by atoms with Gasteiger partial charge >= 0.3 is 0 Å². The Morgan fingerprint density at radius 2 is 1.67 bits per heavy atom. The normalized spacial score (nSPS) is 20.2. The van der Waals surface area contributed by atoms with Gasteiger partial charge in [0.1, 0.15) is 4.99 Å². The maximum Gasteiger partial charge on any atom is 0.265 e. The van der Waals surface area contributed by atoms with Crippen molar-refractivity contribution in [2.75, 3.05) is 18.5 Å². The van der Waals surface area contributed by atoms with Gasteiger partial charge in [-0.25, -0.2) is 0 Å². The first-order chi connectivity index (χ1) is 14.5. The molecule has 7 heteroatoms. The minimum Gasteiger partial charge on any atom is -0.355 e. The molecule has 2 heterocycles. The summed E-state index contributed by atoms with van der Waals surface area (Å²) >= 11 is 18.3. The average molecular weight is 454 g/mol. The SMILES string of the molecule is CN1C(=S)CN2C(c3ccc(Cl)cc3)=NOC2(c2ccccc2)c2cc(Cl)ccc21. The third-order valence-electron chi connectivity index (χ3n) is 5.52. The standard InChI is InChI=1S/C23H17Cl2N3OS/c1-27-20-12-11-18(25)13-19(20)23(16-5-3-2-4-6-16)28(14-21(27)30)22(26-29-23)15-7-9-17(24)10-8-15/h2-13H,14H2,1H3. The number of oxime groups is 1. The molecule has 0 spiro atoms. The summed E-state index contributed by atoms with van der Waals surface area (Å²) in [5.41, 5.74) is 2.66. The molecule has 4 nitrogen and oxygen atoms in total. The summed E-state index contributed by atoms with van der Waals surface area (Å²) in [5.74, 6) is 0.694. The molecule has 2 aliphatic heterocycles. The Morgan fingerprint density at radius 1 is 0.967 bits per heavy atom. The monoisotopic (exact) mass is 453 g/mol. The highest BCUT2D eigenvalue weighted by molar-refractivity contribution is 7.80. The van der Waals surface area contributed by atoms with Crippen molar-refractivity contribution in [3.63, 3.8) is 0 Å². The molecule has 0 aromatic heterocycles. The van der Waals surface area contributed by atoms with Gasteiger partial charge in [-0.05, 0) is 42.5 Å². The third kappa shape index (κ3) is 2.88. The van der Waals surface area contributed by atoms with Crippen LogP contribution in [0.4, 0.5) is 5.69 Å². The van der Waals surface area contributed by atoms with Gasteiger partial charge in [0.15, 0.2) is 5.84 Å². The molecule has 3 aromatic rings. The minimum absolute atomic E-state index is 0.453. The molecule has 0 radical (unpaired) electrons. The Labute approximate surface area is 190 Å². The molecule has 0 saturated heterocycles. The van der Waals surface area contributed by atoms with Gasteiger partial charge in [-0.3, -0.25) is 4.90 Å². The van der Waals surface area contributed by atoms with Crippen LogP contribution in [0.25, 0.3) is 0 Å². The van der Waals surface area contributed by atoms with Crippen molar-refractivity contribution >= 4 is 51.9 Å². The molecule has 2 aliphatic rings. The number of fused-ring (bicyclic) bond motifs is 3. The first-order valence-corrected chi connectivity index (χ1v) is 10.6. The summed E-state index contributed by atoms with van der Waals surface area (Å²) < 4.78 is 0. The van der Waals surface area contributed by atoms with Crippen LogP contribution in [0.2, 0.25) is 10.0 Å². The van der Waals surface area contributed by atoms with Crippen LogP contribution in [0.3, 0.4) is 0 Å². The number of anilines is 1. The number of likely N-dealkylation sites (N-methyl/N-ethyl adjacent to an activating group) is 1. The van der Waals surface area contributed by atoms with Gasteiger partial charge in [-0.1, -0.05) is 70.9 Å². The molecule has 1 unspecified atom stereocenters. The first-order valence-electron chi connectivity index (χ1n) is 9.42. The molecule has 30 heavy (non-hydrogen) atoms. The lowest BCUT2D eigenvalue weighted by molar-refractivity contribution is -0.0644. The predicted molar refractivity (Wildman–Crippen MR) is 125 cm³/mol. The van der Waals surface area contributed by atoms with E-state index in [-0.39, 0.29) is 0 Å². The van der Waals surface area contributed by atoms with Crippen LogP contribution in [-0.4, -0.2) is 29.3 Å². The van der Waals surface area contributed by atoms with Crippen molar-refractivity contribution in [3.8, 4) is 0 Å². The van der Waals surface area contributed by atoms with E-state index in [1.807, 2.05) is 84.7 Å². The van der Waals surface area contributed by atoms with Crippen LogP contribution in [-0.2, 0) is 10.6 Å². The highest BCUT2D eigenvalue weighted by atomic mass is 35.5. The average Bonchev–Trinajstić information content (AvgIpc) is 3.10. The summed E-state index contributed by atoms with van der Waals surface area (Å²) in [6.07, 6.45) is 0. The van der Waals surface area contributed by atoms with Gasteiger partial charge in [0.05, 0.1) is 12.2 Å². The molecule has 0 saturated carbocycles. The number of hydrogen-bond donors (Lipinski definition) is 0. The minimum atomic E-state index is -0.995. The van der Waals surface area contributed by atoms with Crippen LogP contribution in [0.15, 0.2) is 78.0 Å². The Balaban J connectivity index is 1.78. The van der Waals surface area contributed by atoms with Crippen molar-refractivity contribution in [2.24, 2.45) is 5.16 Å². The molecule has 5 rings (SSSR count). The summed E-state index contributed by atoms with van der Waals surface area (Å²) in [5, 5.41) is 5.82. The molecule has 0 N–H and O–H groups in total. The van der Waals surface area contributed by atoms with E-state index >= 15 is 0 Å². The van der Waals surface area contributed by atoms with Crippen molar-refractivity contribution in [1.29, 1.82) is 0 Å². The largest absolute Gasteiger partial charge is 0.355 e. The summed E-state index contributed by atoms with van der Waals surface area (Å²) in [6, 6.07) is 23.3. The highest BCUT2D eigenvalue weighted by Gasteiger charge is 2.53. The van der Waals surface area contributed by atoms with Gasteiger partial charge in [0.25, 0.3) is 5.72 Å². The number of nitrogens with zero attached hydrogens (tertiary/aromatic N) is 3. The highest BCUT2D eigenvalue weighted by Crippen LogP contribution is 2.48. The molecule has 0 amide bonds. The zero-order valence-corrected chi connectivity index (χ0v) is 18.4. The van der Waals surface area contributed by atoms with Crippen LogP contribution in [0, 0.1) is 0 Å². The number of benzene rings is 3. The Bertz CT molecular complexity index is 1170. The second kappa shape index (κ2) is 7.27. The number of hydrogen-bond acceptors (Lipinski definition) is 4. The van der Waals surface area contributed by atoms with Gasteiger partial charge in [-0.2, -0.15) is 0 Å². The van der Waals surface area contributed by atoms with Crippen molar-refractivity contribution in [1.82, 2.24) is 4.90 Å². The zero-order chi connectivity index (χ0) is 20.9. The molecule has 0 aliphatic carbocycles. The number of rotatable bonds is 2. The maximum atomic E-state index is 6.45. The maximum absolute atomic E-state index is 6.45. The van der Waals surface area contributed by atoms with E-state index in [0.29, 0.717) is 22.4 Å². The van der Waals surface area contributed by atoms with Crippen LogP contribution in [0.5, 0.6) is 0 Å². The molecule has 1 atom stereocenters. The molecule has 0 fully saturated rings. The van der Waals surface area contributed by atoms with Crippen molar-refractivity contribution in [2.45, 2.75) is 5.72 Å². The number of halogens is 2. The summed E-state index contributed by atoms with van der Waals surface area (Å²) in [6.45, 7) is 0.453. The Morgan fingerprint density at radius 3 is 2.40 bits per heavy atom. The Kier molecular flexibility index (Phi) is 4.69. The van der Waals surface area contributed by atoms with E-state index < -0.39 is 5.72 Å². The van der Waals surface area contributed by atoms with E-state index in [1.165, 1.54) is 0 Å². The second-order valence-electron chi connectivity index (χ2n) is 7.22. The van der Waals surface area contributed by atoms with E-state index in [1.54, 1.807) is 0 Å². The zero-order valence-electron chi connectivity index (χ0n) is 16.0. The molecular formula is C23H17Cl2N3OS.